The Kier molecular flexibility index (Phi) is 2.53. The molecule has 0 atom stereocenters. The van der Waals surface area contributed by atoms with Gasteiger partial charge in [0.25, 0.3) is 0 Å². The van der Waals surface area contributed by atoms with Crippen molar-refractivity contribution in [1.29, 1.82) is 0 Å². The molecule has 0 aromatic carbocycles. The van der Waals surface area contributed by atoms with Crippen molar-refractivity contribution >= 4 is 17.7 Å². The van der Waals surface area contributed by atoms with Crippen LogP contribution in [0.4, 0.5) is 0 Å². The van der Waals surface area contributed by atoms with E-state index in [0.717, 1.165) is 11.4 Å². The number of aromatic nitrogens is 2. The Bertz CT molecular complexity index is 259. The van der Waals surface area contributed by atoms with Crippen molar-refractivity contribution in [2.24, 2.45) is 0 Å². The molecule has 1 rings (SSSR count). The molecule has 0 aliphatic rings. The first-order chi connectivity index (χ1) is 5.24. The Morgan fingerprint density at radius 2 is 2.64 bits per heavy atom. The maximum atomic E-state index is 10.3. The molecule has 0 amide bonds. The SMILES string of the molecule is CSCc1cnc(C(=O)O)[nH]1. The maximum Gasteiger partial charge on any atom is 0.371 e. The lowest BCUT2D eigenvalue weighted by Crippen LogP contribution is -1.98. The van der Waals surface area contributed by atoms with E-state index in [1.807, 2.05) is 6.26 Å². The van der Waals surface area contributed by atoms with Crippen molar-refractivity contribution in [2.75, 3.05) is 6.26 Å². The van der Waals surface area contributed by atoms with E-state index in [0.29, 0.717) is 0 Å². The van der Waals surface area contributed by atoms with Crippen LogP contribution in [-0.2, 0) is 5.75 Å². The van der Waals surface area contributed by atoms with Gasteiger partial charge in [-0.05, 0) is 6.26 Å². The number of carbonyl (C=O) groups is 1. The third-order valence-corrected chi connectivity index (χ3v) is 1.73. The van der Waals surface area contributed by atoms with Gasteiger partial charge in [0.2, 0.25) is 5.82 Å². The number of hydrogen-bond acceptors (Lipinski definition) is 3. The smallest absolute Gasteiger partial charge is 0.371 e. The molecule has 1 aromatic heterocycles. The Balaban J connectivity index is 2.73. The Morgan fingerprint density at radius 3 is 3.09 bits per heavy atom. The number of hydrogen-bond donors (Lipinski definition) is 2. The fraction of sp³-hybridized carbons (Fsp3) is 0.333. The van der Waals surface area contributed by atoms with E-state index >= 15 is 0 Å². The van der Waals surface area contributed by atoms with E-state index in [9.17, 15) is 4.79 Å². The number of aromatic carboxylic acids is 1. The van der Waals surface area contributed by atoms with Crippen molar-refractivity contribution in [1.82, 2.24) is 9.97 Å². The molecule has 5 heteroatoms. The van der Waals surface area contributed by atoms with Gasteiger partial charge < -0.3 is 10.1 Å². The van der Waals surface area contributed by atoms with Crippen molar-refractivity contribution in [3.63, 3.8) is 0 Å². The molecule has 0 aliphatic heterocycles. The van der Waals surface area contributed by atoms with Crippen LogP contribution in [-0.4, -0.2) is 27.3 Å². The quantitative estimate of drug-likeness (QED) is 0.713. The summed E-state index contributed by atoms with van der Waals surface area (Å²) in [5.41, 5.74) is 0.843. The van der Waals surface area contributed by atoms with E-state index in [1.54, 1.807) is 18.0 Å². The lowest BCUT2D eigenvalue weighted by Gasteiger charge is -1.88. The predicted octanol–water partition coefficient (Wildman–Crippen LogP) is 0.971. The minimum atomic E-state index is -1.02. The zero-order valence-corrected chi connectivity index (χ0v) is 6.81. The molecule has 0 saturated heterocycles. The molecule has 0 saturated carbocycles. The number of carboxylic acids is 1. The molecular weight excluding hydrogens is 164 g/mol. The Labute approximate surface area is 68.0 Å². The summed E-state index contributed by atoms with van der Waals surface area (Å²) in [5, 5.41) is 8.47. The molecular formula is C6H8N2O2S. The Hall–Kier alpha value is -0.970. The summed E-state index contributed by atoms with van der Waals surface area (Å²) in [6, 6.07) is 0. The standard InChI is InChI=1S/C6H8N2O2S/c1-11-3-4-2-7-5(8-4)6(9)10/h2H,3H2,1H3,(H,7,8)(H,9,10). The van der Waals surface area contributed by atoms with Gasteiger partial charge in [-0.15, -0.1) is 0 Å². The van der Waals surface area contributed by atoms with Crippen LogP contribution < -0.4 is 0 Å². The number of H-pyrrole nitrogens is 1. The van der Waals surface area contributed by atoms with E-state index in [-0.39, 0.29) is 5.82 Å². The highest BCUT2D eigenvalue weighted by atomic mass is 32.2. The summed E-state index contributed by atoms with van der Waals surface area (Å²) >= 11 is 1.62. The lowest BCUT2D eigenvalue weighted by molar-refractivity contribution is 0.0684. The molecule has 11 heavy (non-hydrogen) atoms. The number of thioether (sulfide) groups is 1. The van der Waals surface area contributed by atoms with Crippen LogP contribution in [0.3, 0.4) is 0 Å². The third kappa shape index (κ3) is 1.98. The van der Waals surface area contributed by atoms with Crippen LogP contribution in [0, 0.1) is 0 Å². The molecule has 0 unspecified atom stereocenters. The summed E-state index contributed by atoms with van der Waals surface area (Å²) in [7, 11) is 0. The predicted molar refractivity (Wildman–Crippen MR) is 42.8 cm³/mol. The second-order valence-electron chi connectivity index (χ2n) is 2.00. The highest BCUT2D eigenvalue weighted by Crippen LogP contribution is 2.05. The van der Waals surface area contributed by atoms with Gasteiger partial charge in [-0.25, -0.2) is 9.78 Å². The van der Waals surface area contributed by atoms with Crippen LogP contribution in [0.2, 0.25) is 0 Å². The van der Waals surface area contributed by atoms with Gasteiger partial charge in [0.05, 0.1) is 0 Å². The first kappa shape index (κ1) is 8.13. The average Bonchev–Trinajstić information content (AvgIpc) is 2.37. The van der Waals surface area contributed by atoms with Crippen LogP contribution in [0.15, 0.2) is 6.20 Å². The largest absolute Gasteiger partial charge is 0.475 e. The van der Waals surface area contributed by atoms with Gasteiger partial charge >= 0.3 is 5.97 Å². The molecule has 4 nitrogen and oxygen atoms in total. The molecule has 1 aromatic rings. The van der Waals surface area contributed by atoms with Gasteiger partial charge in [0, 0.05) is 17.6 Å². The maximum absolute atomic E-state index is 10.3. The summed E-state index contributed by atoms with van der Waals surface area (Å²) < 4.78 is 0. The monoisotopic (exact) mass is 172 g/mol. The molecule has 0 radical (unpaired) electrons. The highest BCUT2D eigenvalue weighted by Gasteiger charge is 2.06. The normalized spacial score (nSPS) is 9.91. The average molecular weight is 172 g/mol. The topological polar surface area (TPSA) is 66.0 Å². The molecule has 0 bridgehead atoms. The van der Waals surface area contributed by atoms with Gasteiger partial charge in [0.1, 0.15) is 0 Å². The van der Waals surface area contributed by atoms with E-state index in [2.05, 4.69) is 9.97 Å². The van der Waals surface area contributed by atoms with E-state index in [1.165, 1.54) is 0 Å². The van der Waals surface area contributed by atoms with Gasteiger partial charge in [-0.2, -0.15) is 11.8 Å². The fourth-order valence-electron chi connectivity index (χ4n) is 0.697. The number of carboxylic acid groups (broad SMARTS) is 1. The van der Waals surface area contributed by atoms with Crippen LogP contribution in [0.25, 0.3) is 0 Å². The first-order valence-electron chi connectivity index (χ1n) is 3.00. The molecule has 1 heterocycles. The number of rotatable bonds is 3. The molecule has 60 valence electrons. The molecule has 0 aliphatic carbocycles. The van der Waals surface area contributed by atoms with Crippen LogP contribution in [0.5, 0.6) is 0 Å². The second-order valence-corrected chi connectivity index (χ2v) is 2.86. The van der Waals surface area contributed by atoms with Crippen molar-refractivity contribution < 1.29 is 9.90 Å². The molecule has 2 N–H and O–H groups in total. The Morgan fingerprint density at radius 1 is 1.91 bits per heavy atom. The molecule has 0 spiro atoms. The first-order valence-corrected chi connectivity index (χ1v) is 4.39. The van der Waals surface area contributed by atoms with E-state index < -0.39 is 5.97 Å². The van der Waals surface area contributed by atoms with Gasteiger partial charge in [-0.1, -0.05) is 0 Å². The number of imidazole rings is 1. The van der Waals surface area contributed by atoms with Crippen LogP contribution >= 0.6 is 11.8 Å². The number of aromatic amines is 1. The van der Waals surface area contributed by atoms with E-state index in [4.69, 9.17) is 5.11 Å². The lowest BCUT2D eigenvalue weighted by atomic mass is 10.6. The van der Waals surface area contributed by atoms with Gasteiger partial charge in [0.15, 0.2) is 0 Å². The number of nitrogens with zero attached hydrogens (tertiary/aromatic N) is 1. The highest BCUT2D eigenvalue weighted by molar-refractivity contribution is 7.97. The van der Waals surface area contributed by atoms with Crippen molar-refractivity contribution in [2.45, 2.75) is 5.75 Å². The second kappa shape index (κ2) is 3.43. The third-order valence-electron chi connectivity index (χ3n) is 1.13. The fourth-order valence-corrected chi connectivity index (χ4v) is 1.15. The summed E-state index contributed by atoms with van der Waals surface area (Å²) in [5.74, 6) is -0.244. The number of nitrogens with one attached hydrogen (secondary N) is 1. The summed E-state index contributed by atoms with van der Waals surface area (Å²) in [6.07, 6.45) is 3.49. The zero-order valence-electron chi connectivity index (χ0n) is 6.00. The minimum Gasteiger partial charge on any atom is -0.475 e. The van der Waals surface area contributed by atoms with Crippen molar-refractivity contribution in [3.8, 4) is 0 Å². The zero-order chi connectivity index (χ0) is 8.27. The minimum absolute atomic E-state index is 0.00838. The van der Waals surface area contributed by atoms with Gasteiger partial charge in [-0.3, -0.25) is 0 Å². The van der Waals surface area contributed by atoms with Crippen LogP contribution in [0.1, 0.15) is 16.3 Å². The summed E-state index contributed by atoms with van der Waals surface area (Å²) in [6.45, 7) is 0. The van der Waals surface area contributed by atoms with Crippen molar-refractivity contribution in [3.05, 3.63) is 17.7 Å². The molecule has 0 fully saturated rings. The summed E-state index contributed by atoms with van der Waals surface area (Å²) in [4.78, 5) is 16.7.